The highest BCUT2D eigenvalue weighted by Crippen LogP contribution is 2.40. The molecule has 5 heteroatoms. The molecule has 0 aromatic heterocycles. The van der Waals surface area contributed by atoms with Crippen LogP contribution in [0.3, 0.4) is 0 Å². The van der Waals surface area contributed by atoms with E-state index in [-0.39, 0.29) is 24.0 Å². The number of rotatable bonds is 3. The van der Waals surface area contributed by atoms with Gasteiger partial charge in [-0.3, -0.25) is 19.4 Å². The van der Waals surface area contributed by atoms with Crippen LogP contribution in [0.4, 0.5) is 0 Å². The lowest BCUT2D eigenvalue weighted by Crippen LogP contribution is -2.51. The third-order valence-electron chi connectivity index (χ3n) is 3.62. The number of carbonyl (C=O) groups is 3. The molecule has 0 saturated heterocycles. The topological polar surface area (TPSA) is 72.8 Å². The summed E-state index contributed by atoms with van der Waals surface area (Å²) >= 11 is 0. The van der Waals surface area contributed by atoms with E-state index in [0.29, 0.717) is 5.71 Å². The van der Waals surface area contributed by atoms with Crippen molar-refractivity contribution in [1.29, 1.82) is 0 Å². The Morgan fingerprint density at radius 1 is 1.35 bits per heavy atom. The monoisotopic (exact) mass is 281 g/mol. The maximum Gasteiger partial charge on any atom is 0.316 e. The first kappa shape index (κ1) is 16.5. The van der Waals surface area contributed by atoms with E-state index in [1.54, 1.807) is 20.8 Å². The summed E-state index contributed by atoms with van der Waals surface area (Å²) in [6, 6.07) is 0.00196. The van der Waals surface area contributed by atoms with Crippen molar-refractivity contribution < 1.29 is 19.1 Å². The summed E-state index contributed by atoms with van der Waals surface area (Å²) in [5, 5.41) is 0. The van der Waals surface area contributed by atoms with Gasteiger partial charge in [-0.1, -0.05) is 13.8 Å². The van der Waals surface area contributed by atoms with Crippen molar-refractivity contribution in [3.05, 3.63) is 0 Å². The van der Waals surface area contributed by atoms with Crippen LogP contribution < -0.4 is 0 Å². The van der Waals surface area contributed by atoms with Crippen molar-refractivity contribution in [1.82, 2.24) is 0 Å². The highest BCUT2D eigenvalue weighted by atomic mass is 16.5. The Hall–Kier alpha value is -1.52. The molecule has 0 bridgehead atoms. The lowest BCUT2D eigenvalue weighted by Gasteiger charge is -2.38. The fraction of sp³-hybridized carbons (Fsp3) is 0.733. The molecule has 1 saturated carbocycles. The van der Waals surface area contributed by atoms with Gasteiger partial charge in [0.1, 0.15) is 17.6 Å². The molecule has 0 aromatic carbocycles. The van der Waals surface area contributed by atoms with E-state index in [2.05, 4.69) is 4.99 Å². The number of esters is 1. The molecule has 112 valence electrons. The molecular weight excluding hydrogens is 258 g/mol. The second-order valence-electron chi connectivity index (χ2n) is 6.29. The predicted octanol–water partition coefficient (Wildman–Crippen LogP) is 1.83. The summed E-state index contributed by atoms with van der Waals surface area (Å²) in [7, 11) is 1.26. The fourth-order valence-corrected chi connectivity index (χ4v) is 2.84. The third-order valence-corrected chi connectivity index (χ3v) is 3.62. The van der Waals surface area contributed by atoms with Gasteiger partial charge in [0, 0.05) is 18.2 Å². The standard InChI is InChI=1S/C15H23NO4/c1-8(2)16-9(3)11-10(17)7-15(4,5)12(13(11)18)14(19)20-6/h8,11-12H,7H2,1-6H3/t11?,12-/m1/s1. The van der Waals surface area contributed by atoms with Gasteiger partial charge in [0.05, 0.1) is 7.11 Å². The van der Waals surface area contributed by atoms with E-state index in [9.17, 15) is 14.4 Å². The number of ketones is 2. The SMILES string of the molecule is COC(=O)[C@H]1C(=O)C(C(C)=NC(C)C)C(=O)CC1(C)C. The molecule has 2 atom stereocenters. The highest BCUT2D eigenvalue weighted by molar-refractivity contribution is 6.25. The van der Waals surface area contributed by atoms with Crippen molar-refractivity contribution in [3.63, 3.8) is 0 Å². The van der Waals surface area contributed by atoms with Gasteiger partial charge in [-0.2, -0.15) is 0 Å². The van der Waals surface area contributed by atoms with Crippen LogP contribution in [0, 0.1) is 17.3 Å². The van der Waals surface area contributed by atoms with E-state index in [1.165, 1.54) is 7.11 Å². The molecule has 0 heterocycles. The Kier molecular flexibility index (Phi) is 4.84. The van der Waals surface area contributed by atoms with Gasteiger partial charge in [-0.05, 0) is 26.2 Å². The van der Waals surface area contributed by atoms with Crippen molar-refractivity contribution in [2.45, 2.75) is 47.1 Å². The molecule has 1 unspecified atom stereocenters. The van der Waals surface area contributed by atoms with Gasteiger partial charge in [-0.15, -0.1) is 0 Å². The first-order valence-corrected chi connectivity index (χ1v) is 6.80. The molecule has 0 spiro atoms. The molecule has 1 aliphatic carbocycles. The summed E-state index contributed by atoms with van der Waals surface area (Å²) in [6.45, 7) is 8.92. The Bertz CT molecular complexity index is 462. The van der Waals surface area contributed by atoms with Gasteiger partial charge in [-0.25, -0.2) is 0 Å². The van der Waals surface area contributed by atoms with Crippen molar-refractivity contribution in [2.24, 2.45) is 22.2 Å². The number of nitrogens with zero attached hydrogens (tertiary/aromatic N) is 1. The largest absolute Gasteiger partial charge is 0.468 e. The second-order valence-corrected chi connectivity index (χ2v) is 6.29. The van der Waals surface area contributed by atoms with Gasteiger partial charge < -0.3 is 4.74 Å². The number of methoxy groups -OCH3 is 1. The van der Waals surface area contributed by atoms with Crippen LogP contribution in [0.25, 0.3) is 0 Å². The summed E-state index contributed by atoms with van der Waals surface area (Å²) in [4.78, 5) is 41.0. The van der Waals surface area contributed by atoms with Gasteiger partial charge in [0.2, 0.25) is 0 Å². The zero-order chi connectivity index (χ0) is 15.7. The molecule has 0 aromatic rings. The van der Waals surface area contributed by atoms with Crippen molar-refractivity contribution in [2.75, 3.05) is 7.11 Å². The van der Waals surface area contributed by atoms with E-state index < -0.39 is 23.2 Å². The predicted molar refractivity (Wildman–Crippen MR) is 75.7 cm³/mol. The summed E-state index contributed by atoms with van der Waals surface area (Å²) in [6.07, 6.45) is 0.175. The fourth-order valence-electron chi connectivity index (χ4n) is 2.84. The van der Waals surface area contributed by atoms with E-state index >= 15 is 0 Å². The Balaban J connectivity index is 3.21. The summed E-state index contributed by atoms with van der Waals surface area (Å²) < 4.78 is 4.73. The number of hydrogen-bond donors (Lipinski definition) is 0. The van der Waals surface area contributed by atoms with Crippen LogP contribution in [0.15, 0.2) is 4.99 Å². The Labute approximate surface area is 119 Å². The van der Waals surface area contributed by atoms with E-state index in [4.69, 9.17) is 4.74 Å². The van der Waals surface area contributed by atoms with Gasteiger partial charge >= 0.3 is 5.97 Å². The van der Waals surface area contributed by atoms with Gasteiger partial charge in [0.25, 0.3) is 0 Å². The van der Waals surface area contributed by atoms with E-state index in [0.717, 1.165) is 0 Å². The average Bonchev–Trinajstić information content (AvgIpc) is 2.25. The molecule has 0 radical (unpaired) electrons. The van der Waals surface area contributed by atoms with Crippen LogP contribution in [0.2, 0.25) is 0 Å². The van der Waals surface area contributed by atoms with Crippen molar-refractivity contribution in [3.8, 4) is 0 Å². The minimum absolute atomic E-state index is 0.00196. The molecule has 0 aliphatic heterocycles. The number of aliphatic imine (C=N–C) groups is 1. The molecule has 0 amide bonds. The maximum absolute atomic E-state index is 12.6. The molecule has 1 fully saturated rings. The lowest BCUT2D eigenvalue weighted by atomic mass is 9.63. The average molecular weight is 281 g/mol. The summed E-state index contributed by atoms with van der Waals surface area (Å²) in [5.74, 6) is -2.95. The number of carbonyl (C=O) groups excluding carboxylic acids is 3. The van der Waals surface area contributed by atoms with Gasteiger partial charge in [0.15, 0.2) is 5.78 Å². The molecule has 20 heavy (non-hydrogen) atoms. The maximum atomic E-state index is 12.6. The van der Waals surface area contributed by atoms with Crippen LogP contribution in [0.1, 0.15) is 41.0 Å². The molecule has 0 N–H and O–H groups in total. The van der Waals surface area contributed by atoms with E-state index in [1.807, 2.05) is 13.8 Å². The Morgan fingerprint density at radius 2 is 1.90 bits per heavy atom. The molecule has 1 aliphatic rings. The summed E-state index contributed by atoms with van der Waals surface area (Å²) in [5.41, 5.74) is -0.227. The quantitative estimate of drug-likeness (QED) is 0.449. The lowest BCUT2D eigenvalue weighted by molar-refractivity contribution is -0.159. The number of ether oxygens (including phenoxy) is 1. The Morgan fingerprint density at radius 3 is 2.35 bits per heavy atom. The normalized spacial score (nSPS) is 26.9. The first-order chi connectivity index (χ1) is 9.11. The number of hydrogen-bond acceptors (Lipinski definition) is 5. The first-order valence-electron chi connectivity index (χ1n) is 6.80. The van der Waals surface area contributed by atoms with Crippen LogP contribution in [-0.4, -0.2) is 36.4 Å². The highest BCUT2D eigenvalue weighted by Gasteiger charge is 2.52. The zero-order valence-corrected chi connectivity index (χ0v) is 13.0. The minimum atomic E-state index is -0.910. The molecular formula is C15H23NO4. The van der Waals surface area contributed by atoms with Crippen LogP contribution in [0.5, 0.6) is 0 Å². The molecule has 1 rings (SSSR count). The minimum Gasteiger partial charge on any atom is -0.468 e. The smallest absolute Gasteiger partial charge is 0.316 e. The number of Topliss-reactive ketones (excluding diaryl/α,β-unsaturated/α-hetero) is 2. The molecule has 5 nitrogen and oxygen atoms in total. The zero-order valence-electron chi connectivity index (χ0n) is 13.0. The third kappa shape index (κ3) is 3.14. The van der Waals surface area contributed by atoms with Crippen LogP contribution >= 0.6 is 0 Å². The second kappa shape index (κ2) is 5.85. The van der Waals surface area contributed by atoms with Crippen LogP contribution in [-0.2, 0) is 19.1 Å². The van der Waals surface area contributed by atoms with Crippen molar-refractivity contribution >= 4 is 23.2 Å².